The number of nitrogens with two attached hydrogens (primary N) is 1. The molecule has 5 heteroatoms. The van der Waals surface area contributed by atoms with Crippen molar-refractivity contribution in [3.63, 3.8) is 0 Å². The number of allylic oxidation sites excluding steroid dienone is 2. The molecule has 1 spiro atoms. The Labute approximate surface area is 148 Å². The highest BCUT2D eigenvalue weighted by atomic mass is 32.2. The third-order valence-corrected chi connectivity index (χ3v) is 6.05. The summed E-state index contributed by atoms with van der Waals surface area (Å²) in [5.74, 6) is 0.138. The lowest BCUT2D eigenvalue weighted by molar-refractivity contribution is 0.475. The molecule has 0 heterocycles. The summed E-state index contributed by atoms with van der Waals surface area (Å²) in [4.78, 5) is 0. The van der Waals surface area contributed by atoms with Crippen molar-refractivity contribution in [2.45, 2.75) is 31.4 Å². The Balaban J connectivity index is 1.70. The van der Waals surface area contributed by atoms with Gasteiger partial charge in [-0.2, -0.15) is 0 Å². The van der Waals surface area contributed by atoms with Gasteiger partial charge >= 0.3 is 0 Å². The first-order chi connectivity index (χ1) is 11.8. The van der Waals surface area contributed by atoms with Crippen molar-refractivity contribution >= 4 is 21.2 Å². The van der Waals surface area contributed by atoms with Crippen LogP contribution in [0.1, 0.15) is 42.4 Å². The third kappa shape index (κ3) is 3.48. The summed E-state index contributed by atoms with van der Waals surface area (Å²) in [6, 6.07) is 15.1. The van der Waals surface area contributed by atoms with Crippen LogP contribution in [0.2, 0.25) is 0 Å². The lowest BCUT2D eigenvalue weighted by atomic mass is 9.96. The minimum Gasteiger partial charge on any atom is -0.508 e. The fourth-order valence-corrected chi connectivity index (χ4v) is 4.46. The molecule has 2 aliphatic rings. The van der Waals surface area contributed by atoms with Crippen LogP contribution in [0.3, 0.4) is 0 Å². The molecule has 1 fully saturated rings. The van der Waals surface area contributed by atoms with E-state index >= 15 is 0 Å². The predicted octanol–water partition coefficient (Wildman–Crippen LogP) is 3.67. The molecule has 25 heavy (non-hydrogen) atoms. The Morgan fingerprint density at radius 1 is 0.880 bits per heavy atom. The second-order valence-electron chi connectivity index (χ2n) is 7.36. The maximum Gasteiger partial charge on any atom is 0.213 e. The third-order valence-electron chi connectivity index (χ3n) is 5.31. The summed E-state index contributed by atoms with van der Waals surface area (Å²) >= 11 is 0. The van der Waals surface area contributed by atoms with Gasteiger partial charge in [-0.05, 0) is 71.1 Å². The van der Waals surface area contributed by atoms with Gasteiger partial charge in [0.05, 0.1) is 5.75 Å². The number of primary sulfonamides is 1. The number of sulfonamides is 1. The van der Waals surface area contributed by atoms with Gasteiger partial charge in [0.2, 0.25) is 10.0 Å². The fourth-order valence-electron chi connectivity index (χ4n) is 3.81. The average molecular weight is 355 g/mol. The number of rotatable bonds is 4. The van der Waals surface area contributed by atoms with Gasteiger partial charge < -0.3 is 5.11 Å². The molecule has 0 saturated heterocycles. The van der Waals surface area contributed by atoms with Crippen molar-refractivity contribution in [2.75, 3.05) is 0 Å². The molecule has 0 aliphatic heterocycles. The number of aromatic hydroxyl groups is 1. The molecule has 0 unspecified atom stereocenters. The van der Waals surface area contributed by atoms with Crippen molar-refractivity contribution in [3.8, 4) is 5.75 Å². The first-order valence-electron chi connectivity index (χ1n) is 8.45. The predicted molar refractivity (Wildman–Crippen MR) is 99.1 cm³/mol. The molecular weight excluding hydrogens is 334 g/mol. The largest absolute Gasteiger partial charge is 0.508 e. The number of hydrogen-bond acceptors (Lipinski definition) is 3. The molecule has 2 aliphatic carbocycles. The lowest BCUT2D eigenvalue weighted by Gasteiger charge is -2.09. The number of benzene rings is 2. The summed E-state index contributed by atoms with van der Waals surface area (Å²) in [5.41, 5.74) is 6.11. The van der Waals surface area contributed by atoms with Gasteiger partial charge in [-0.25, -0.2) is 13.6 Å². The topological polar surface area (TPSA) is 80.4 Å². The van der Waals surface area contributed by atoms with Gasteiger partial charge in [-0.3, -0.25) is 0 Å². The van der Waals surface area contributed by atoms with E-state index < -0.39 is 10.0 Å². The van der Waals surface area contributed by atoms with Gasteiger partial charge in [0.1, 0.15) is 5.75 Å². The number of phenolic OH excluding ortho intramolecular Hbond substituents is 1. The van der Waals surface area contributed by atoms with E-state index in [1.54, 1.807) is 12.1 Å². The monoisotopic (exact) mass is 355 g/mol. The van der Waals surface area contributed by atoms with Gasteiger partial charge in [-0.1, -0.05) is 36.4 Å². The highest BCUT2D eigenvalue weighted by Gasteiger charge is 2.48. The van der Waals surface area contributed by atoms with E-state index in [0.29, 0.717) is 11.0 Å². The van der Waals surface area contributed by atoms with E-state index in [-0.39, 0.29) is 11.5 Å². The molecule has 1 saturated carbocycles. The number of phenols is 1. The van der Waals surface area contributed by atoms with Crippen molar-refractivity contribution < 1.29 is 13.5 Å². The average Bonchev–Trinajstić information content (AvgIpc) is 3.19. The molecule has 0 radical (unpaired) electrons. The van der Waals surface area contributed by atoms with Crippen LogP contribution in [0, 0.1) is 5.41 Å². The summed E-state index contributed by atoms with van der Waals surface area (Å²) in [5, 5.41) is 14.7. The molecule has 3 N–H and O–H groups in total. The molecular formula is C20H21NO3S. The Bertz CT molecular complexity index is 937. The normalized spacial score (nSPS) is 18.8. The van der Waals surface area contributed by atoms with Gasteiger partial charge in [0.15, 0.2) is 0 Å². The summed E-state index contributed by atoms with van der Waals surface area (Å²) in [6.07, 6.45) is 4.67. The first kappa shape index (κ1) is 16.4. The van der Waals surface area contributed by atoms with E-state index in [0.717, 1.165) is 24.0 Å². The SMILES string of the molecule is NS(=O)(=O)Cc1ccc(C2=C(c3ccc(O)cc3)CC3(CC3)C2)cc1. The first-order valence-corrected chi connectivity index (χ1v) is 10.2. The van der Waals surface area contributed by atoms with Crippen LogP contribution < -0.4 is 5.14 Å². The molecule has 130 valence electrons. The quantitative estimate of drug-likeness (QED) is 0.878. The Morgan fingerprint density at radius 3 is 1.80 bits per heavy atom. The van der Waals surface area contributed by atoms with Gasteiger partial charge in [0, 0.05) is 0 Å². The minimum absolute atomic E-state index is 0.138. The van der Waals surface area contributed by atoms with Crippen molar-refractivity contribution in [1.29, 1.82) is 0 Å². The van der Waals surface area contributed by atoms with Crippen molar-refractivity contribution in [2.24, 2.45) is 10.6 Å². The standard InChI is InChI=1S/C20H21NO3S/c21-25(23,24)13-14-1-3-15(4-2-14)18-11-20(9-10-20)12-19(18)16-5-7-17(22)8-6-16/h1-8,22H,9-13H2,(H2,21,23,24). The highest BCUT2D eigenvalue weighted by Crippen LogP contribution is 2.63. The van der Waals surface area contributed by atoms with E-state index in [9.17, 15) is 13.5 Å². The Morgan fingerprint density at radius 2 is 1.36 bits per heavy atom. The van der Waals surface area contributed by atoms with E-state index in [2.05, 4.69) is 0 Å². The molecule has 2 aromatic rings. The van der Waals surface area contributed by atoms with E-state index in [1.807, 2.05) is 36.4 Å². The molecule has 0 aromatic heterocycles. The van der Waals surface area contributed by atoms with Crippen molar-refractivity contribution in [1.82, 2.24) is 0 Å². The molecule has 4 rings (SSSR count). The molecule has 2 aromatic carbocycles. The smallest absolute Gasteiger partial charge is 0.213 e. The van der Waals surface area contributed by atoms with Crippen LogP contribution in [0.4, 0.5) is 0 Å². The highest BCUT2D eigenvalue weighted by molar-refractivity contribution is 7.88. The minimum atomic E-state index is -3.51. The van der Waals surface area contributed by atoms with Gasteiger partial charge in [-0.15, -0.1) is 0 Å². The number of hydrogen-bond donors (Lipinski definition) is 2. The maximum absolute atomic E-state index is 11.2. The molecule has 0 atom stereocenters. The summed E-state index contributed by atoms with van der Waals surface area (Å²) in [6.45, 7) is 0. The molecule has 4 nitrogen and oxygen atoms in total. The molecule has 0 bridgehead atoms. The zero-order chi connectivity index (χ0) is 17.7. The Hall–Kier alpha value is -2.11. The van der Waals surface area contributed by atoms with Crippen LogP contribution in [0.25, 0.3) is 11.1 Å². The maximum atomic E-state index is 11.2. The second-order valence-corrected chi connectivity index (χ2v) is 8.98. The summed E-state index contributed by atoms with van der Waals surface area (Å²) < 4.78 is 22.5. The van der Waals surface area contributed by atoms with Crippen LogP contribution in [0.15, 0.2) is 48.5 Å². The zero-order valence-electron chi connectivity index (χ0n) is 13.9. The van der Waals surface area contributed by atoms with E-state index in [4.69, 9.17) is 5.14 Å². The van der Waals surface area contributed by atoms with E-state index in [1.165, 1.54) is 24.0 Å². The summed E-state index contributed by atoms with van der Waals surface area (Å²) in [7, 11) is -3.51. The molecule has 0 amide bonds. The zero-order valence-corrected chi connectivity index (χ0v) is 14.7. The van der Waals surface area contributed by atoms with Gasteiger partial charge in [0.25, 0.3) is 0 Å². The Kier molecular flexibility index (Phi) is 3.74. The van der Waals surface area contributed by atoms with Crippen LogP contribution in [-0.4, -0.2) is 13.5 Å². The van der Waals surface area contributed by atoms with Crippen LogP contribution >= 0.6 is 0 Å². The lowest BCUT2D eigenvalue weighted by Crippen LogP contribution is -2.14. The second kappa shape index (κ2) is 5.71. The van der Waals surface area contributed by atoms with Crippen LogP contribution in [-0.2, 0) is 15.8 Å². The van der Waals surface area contributed by atoms with Crippen molar-refractivity contribution in [3.05, 3.63) is 65.2 Å². The van der Waals surface area contributed by atoms with Crippen LogP contribution in [0.5, 0.6) is 5.75 Å². The fraction of sp³-hybridized carbons (Fsp3) is 0.300.